The van der Waals surface area contributed by atoms with Gasteiger partial charge in [0.1, 0.15) is 10.6 Å². The molecule has 0 fully saturated rings. The maximum absolute atomic E-state index is 13.8. The smallest absolute Gasteiger partial charge is 0.267 e. The third-order valence-corrected chi connectivity index (χ3v) is 8.37. The van der Waals surface area contributed by atoms with Gasteiger partial charge in [0.05, 0.1) is 18.2 Å². The molecule has 0 aliphatic heterocycles. The molecule has 3 aromatic rings. The van der Waals surface area contributed by atoms with Gasteiger partial charge in [0.15, 0.2) is 5.16 Å². The van der Waals surface area contributed by atoms with Crippen LogP contribution in [-0.2, 0) is 12.8 Å². The molecule has 0 unspecified atom stereocenters. The van der Waals surface area contributed by atoms with Crippen LogP contribution < -0.4 is 10.3 Å². The van der Waals surface area contributed by atoms with E-state index in [-0.39, 0.29) is 11.0 Å². The van der Waals surface area contributed by atoms with Crippen LogP contribution in [0.15, 0.2) is 46.4 Å². The van der Waals surface area contributed by atoms with Gasteiger partial charge in [0.2, 0.25) is 0 Å². The summed E-state index contributed by atoms with van der Waals surface area (Å²) in [6.07, 6.45) is 3.11. The summed E-state index contributed by atoms with van der Waals surface area (Å²) in [5.74, 6) is 2.13. The molecule has 4 rings (SSSR count). The highest BCUT2D eigenvalue weighted by molar-refractivity contribution is 7.99. The van der Waals surface area contributed by atoms with Gasteiger partial charge in [0, 0.05) is 10.6 Å². The van der Waals surface area contributed by atoms with E-state index in [9.17, 15) is 4.79 Å². The highest BCUT2D eigenvalue weighted by Crippen LogP contribution is 2.42. The van der Waals surface area contributed by atoms with Crippen molar-refractivity contribution in [3.8, 4) is 11.4 Å². The third kappa shape index (κ3) is 4.33. The molecule has 0 spiro atoms. The minimum atomic E-state index is 0.0334. The van der Waals surface area contributed by atoms with Crippen molar-refractivity contribution in [3.05, 3.63) is 57.2 Å². The lowest BCUT2D eigenvalue weighted by Crippen LogP contribution is -2.27. The van der Waals surface area contributed by atoms with E-state index in [1.807, 2.05) is 31.2 Å². The van der Waals surface area contributed by atoms with Crippen LogP contribution in [0, 0.1) is 11.3 Å². The molecular formula is C25H30N2O2S2. The first-order chi connectivity index (χ1) is 14.7. The predicted molar refractivity (Wildman–Crippen MR) is 132 cm³/mol. The molecule has 0 N–H and O–H groups in total. The van der Waals surface area contributed by atoms with Crippen LogP contribution >= 0.6 is 23.1 Å². The Bertz CT molecular complexity index is 1180. The molecule has 4 nitrogen and oxygen atoms in total. The summed E-state index contributed by atoms with van der Waals surface area (Å²) in [5.41, 5.74) is 3.39. The van der Waals surface area contributed by atoms with E-state index in [0.717, 1.165) is 57.4 Å². The minimum Gasteiger partial charge on any atom is -0.497 e. The van der Waals surface area contributed by atoms with Gasteiger partial charge in [-0.15, -0.1) is 11.3 Å². The summed E-state index contributed by atoms with van der Waals surface area (Å²) in [6.45, 7) is 13.0. The number of benzene rings is 1. The molecular weight excluding hydrogens is 424 g/mol. The van der Waals surface area contributed by atoms with Crippen molar-refractivity contribution in [1.82, 2.24) is 9.55 Å². The zero-order chi connectivity index (χ0) is 22.3. The number of fused-ring (bicyclic) bond motifs is 3. The van der Waals surface area contributed by atoms with Gasteiger partial charge in [0.25, 0.3) is 5.56 Å². The van der Waals surface area contributed by atoms with Crippen LogP contribution in [0.4, 0.5) is 0 Å². The number of ether oxygens (including phenoxy) is 1. The van der Waals surface area contributed by atoms with Gasteiger partial charge in [-0.1, -0.05) is 44.7 Å². The number of nitrogens with zero attached hydrogens (tertiary/aromatic N) is 2. The second kappa shape index (κ2) is 8.47. The highest BCUT2D eigenvalue weighted by Gasteiger charge is 2.32. The molecule has 1 aliphatic rings. The number of aromatic nitrogens is 2. The third-order valence-electron chi connectivity index (χ3n) is 6.06. The van der Waals surface area contributed by atoms with Gasteiger partial charge in [-0.2, -0.15) is 0 Å². The van der Waals surface area contributed by atoms with Crippen LogP contribution in [0.2, 0.25) is 0 Å². The van der Waals surface area contributed by atoms with Crippen molar-refractivity contribution >= 4 is 33.3 Å². The molecule has 1 aliphatic carbocycles. The average molecular weight is 455 g/mol. The number of hydrogen-bond acceptors (Lipinski definition) is 5. The molecule has 1 aromatic carbocycles. The Morgan fingerprint density at radius 1 is 1.32 bits per heavy atom. The van der Waals surface area contributed by atoms with Crippen LogP contribution in [0.3, 0.4) is 0 Å². The van der Waals surface area contributed by atoms with E-state index in [1.165, 1.54) is 10.4 Å². The van der Waals surface area contributed by atoms with Crippen LogP contribution in [-0.4, -0.2) is 22.4 Å². The van der Waals surface area contributed by atoms with E-state index in [0.29, 0.717) is 5.92 Å². The Balaban J connectivity index is 1.88. The molecule has 164 valence electrons. The highest BCUT2D eigenvalue weighted by atomic mass is 32.2. The van der Waals surface area contributed by atoms with Crippen LogP contribution in [0.25, 0.3) is 15.9 Å². The monoisotopic (exact) mass is 454 g/mol. The fourth-order valence-electron chi connectivity index (χ4n) is 4.19. The number of thioether (sulfide) groups is 1. The predicted octanol–water partition coefficient (Wildman–Crippen LogP) is 6.28. The quantitative estimate of drug-likeness (QED) is 0.259. The van der Waals surface area contributed by atoms with Gasteiger partial charge in [-0.25, -0.2) is 4.98 Å². The maximum atomic E-state index is 13.8. The number of aryl methyl sites for hydroxylation is 1. The minimum absolute atomic E-state index is 0.0334. The first-order valence-corrected chi connectivity index (χ1v) is 12.5. The van der Waals surface area contributed by atoms with Crippen molar-refractivity contribution in [2.75, 3.05) is 12.9 Å². The lowest BCUT2D eigenvalue weighted by molar-refractivity contribution is 0.218. The number of hydrogen-bond donors (Lipinski definition) is 0. The zero-order valence-electron chi connectivity index (χ0n) is 18.9. The van der Waals surface area contributed by atoms with Crippen molar-refractivity contribution < 1.29 is 4.74 Å². The number of methoxy groups -OCH3 is 1. The fourth-order valence-corrected chi connectivity index (χ4v) is 6.39. The standard InChI is InChI=1S/C25H30N2O2S2/c1-15(2)14-30-24-26-22-21(19-12-7-16(25(3,4)5)13-20(19)31-22)23(28)27(24)17-8-10-18(29-6)11-9-17/h8-11,16H,1,7,12-14H2,2-6H3/t16-/m1/s1. The fraction of sp³-hybridized carbons (Fsp3) is 0.440. The summed E-state index contributed by atoms with van der Waals surface area (Å²) in [4.78, 5) is 21.0. The van der Waals surface area contributed by atoms with Gasteiger partial charge < -0.3 is 4.74 Å². The second-order valence-corrected chi connectivity index (χ2v) is 11.5. The van der Waals surface area contributed by atoms with E-state index >= 15 is 0 Å². The molecule has 0 bridgehead atoms. The molecule has 2 aromatic heterocycles. The molecule has 0 amide bonds. The first-order valence-electron chi connectivity index (χ1n) is 10.7. The SMILES string of the molecule is C=C(C)CSc1nc2sc3c(c2c(=O)n1-c1ccc(OC)cc1)CC[C@@H](C(C)(C)C)C3. The summed E-state index contributed by atoms with van der Waals surface area (Å²) >= 11 is 3.28. The molecule has 0 saturated carbocycles. The lowest BCUT2D eigenvalue weighted by atomic mass is 9.72. The summed E-state index contributed by atoms with van der Waals surface area (Å²) in [5, 5.41) is 1.53. The van der Waals surface area contributed by atoms with E-state index in [2.05, 4.69) is 27.4 Å². The second-order valence-electron chi connectivity index (χ2n) is 9.47. The van der Waals surface area contributed by atoms with Crippen molar-refractivity contribution in [1.29, 1.82) is 0 Å². The van der Waals surface area contributed by atoms with Crippen LogP contribution in [0.5, 0.6) is 5.75 Å². The van der Waals surface area contributed by atoms with E-state index in [4.69, 9.17) is 9.72 Å². The normalized spacial score (nSPS) is 16.4. The Morgan fingerprint density at radius 2 is 2.03 bits per heavy atom. The van der Waals surface area contributed by atoms with Crippen molar-refractivity contribution in [2.24, 2.45) is 11.3 Å². The van der Waals surface area contributed by atoms with E-state index < -0.39 is 0 Å². The largest absolute Gasteiger partial charge is 0.497 e. The molecule has 0 radical (unpaired) electrons. The Kier molecular flexibility index (Phi) is 6.05. The average Bonchev–Trinajstić information content (AvgIpc) is 3.09. The van der Waals surface area contributed by atoms with E-state index in [1.54, 1.807) is 34.8 Å². The number of rotatable bonds is 5. The van der Waals surface area contributed by atoms with Gasteiger partial charge >= 0.3 is 0 Å². The number of thiophene rings is 1. The van der Waals surface area contributed by atoms with Crippen molar-refractivity contribution in [3.63, 3.8) is 0 Å². The van der Waals surface area contributed by atoms with Crippen LogP contribution in [0.1, 0.15) is 44.6 Å². The molecule has 2 heterocycles. The Labute approximate surface area is 192 Å². The lowest BCUT2D eigenvalue weighted by Gasteiger charge is -2.33. The first kappa shape index (κ1) is 22.2. The van der Waals surface area contributed by atoms with Crippen molar-refractivity contribution in [2.45, 2.75) is 52.1 Å². The van der Waals surface area contributed by atoms with Gasteiger partial charge in [-0.05, 0) is 67.3 Å². The molecule has 31 heavy (non-hydrogen) atoms. The summed E-state index contributed by atoms with van der Waals surface area (Å²) in [6, 6.07) is 7.62. The summed E-state index contributed by atoms with van der Waals surface area (Å²) < 4.78 is 7.06. The zero-order valence-corrected chi connectivity index (χ0v) is 20.6. The Morgan fingerprint density at radius 3 is 2.65 bits per heavy atom. The molecule has 0 saturated heterocycles. The maximum Gasteiger partial charge on any atom is 0.267 e. The molecule has 6 heteroatoms. The summed E-state index contributed by atoms with van der Waals surface area (Å²) in [7, 11) is 1.64. The Hall–Kier alpha value is -2.05. The topological polar surface area (TPSA) is 44.1 Å². The van der Waals surface area contributed by atoms with Gasteiger partial charge in [-0.3, -0.25) is 9.36 Å². The molecule has 1 atom stereocenters.